The molecule has 7 nitrogen and oxygen atoms in total. The maximum atomic E-state index is 12.0. The highest BCUT2D eigenvalue weighted by molar-refractivity contribution is 5.70. The summed E-state index contributed by atoms with van der Waals surface area (Å²) in [6.07, 6.45) is 0.859. The van der Waals surface area contributed by atoms with Crippen LogP contribution in [-0.2, 0) is 31.5 Å². The van der Waals surface area contributed by atoms with E-state index in [-0.39, 0.29) is 12.1 Å². The van der Waals surface area contributed by atoms with Crippen molar-refractivity contribution in [1.29, 1.82) is 0 Å². The summed E-state index contributed by atoms with van der Waals surface area (Å²) in [7, 11) is 1.63. The maximum Gasteiger partial charge on any atom is 0.329 e. The second-order valence-electron chi connectivity index (χ2n) is 5.65. The molecule has 0 aliphatic rings. The van der Waals surface area contributed by atoms with Crippen molar-refractivity contribution in [2.75, 3.05) is 0 Å². The van der Waals surface area contributed by atoms with E-state index in [1.165, 1.54) is 4.57 Å². The second-order valence-corrected chi connectivity index (χ2v) is 5.65. The number of imidazole rings is 1. The molecule has 0 radical (unpaired) electrons. The van der Waals surface area contributed by atoms with Crippen LogP contribution in [0.1, 0.15) is 24.7 Å². The van der Waals surface area contributed by atoms with E-state index in [0.29, 0.717) is 24.6 Å². The van der Waals surface area contributed by atoms with E-state index >= 15 is 0 Å². The van der Waals surface area contributed by atoms with Gasteiger partial charge in [-0.1, -0.05) is 37.3 Å². The number of nitrogens with zero attached hydrogens (tertiary/aromatic N) is 3. The Morgan fingerprint density at radius 3 is 2.62 bits per heavy atom. The number of rotatable bonds is 6. The van der Waals surface area contributed by atoms with Crippen LogP contribution in [0.5, 0.6) is 0 Å². The highest BCUT2D eigenvalue weighted by Gasteiger charge is 2.16. The molecule has 0 amide bonds. The Labute approximate surface area is 138 Å². The molecule has 1 N–H and O–H groups in total. The molecular weight excluding hydrogens is 308 g/mol. The van der Waals surface area contributed by atoms with E-state index < -0.39 is 11.2 Å². The predicted octanol–water partition coefficient (Wildman–Crippen LogP) is 1.55. The molecule has 1 aromatic carbocycles. The van der Waals surface area contributed by atoms with Gasteiger partial charge in [0.1, 0.15) is 18.1 Å². The minimum Gasteiger partial charge on any atom is -0.369 e. The lowest BCUT2D eigenvalue weighted by Gasteiger charge is -2.10. The lowest BCUT2D eigenvalue weighted by molar-refractivity contribution is 0.0995. The van der Waals surface area contributed by atoms with Gasteiger partial charge < -0.3 is 9.30 Å². The lowest BCUT2D eigenvalue weighted by atomic mass is 10.2. The molecule has 3 aromatic rings. The summed E-state index contributed by atoms with van der Waals surface area (Å²) < 4.78 is 9.05. The summed E-state index contributed by atoms with van der Waals surface area (Å²) in [4.78, 5) is 30.6. The van der Waals surface area contributed by atoms with Crippen LogP contribution < -0.4 is 11.2 Å². The number of hydrogen-bond acceptors (Lipinski definition) is 4. The molecule has 0 atom stereocenters. The van der Waals surface area contributed by atoms with Crippen LogP contribution in [0, 0.1) is 0 Å². The van der Waals surface area contributed by atoms with Crippen molar-refractivity contribution in [3.05, 3.63) is 62.6 Å². The van der Waals surface area contributed by atoms with Gasteiger partial charge in [0.15, 0.2) is 5.52 Å². The second kappa shape index (κ2) is 6.84. The van der Waals surface area contributed by atoms with Crippen molar-refractivity contribution in [2.45, 2.75) is 33.1 Å². The fourth-order valence-electron chi connectivity index (χ4n) is 2.72. The standard InChI is InChI=1S/C17H20N4O3/c1-3-9-21-13(11-24-10-12-7-5-4-6-8-12)18-14-15(22)19-17(23)20(2)16(14)21/h4-8H,3,9-11H2,1-2H3,(H,19,22,23). The van der Waals surface area contributed by atoms with E-state index in [9.17, 15) is 9.59 Å². The molecule has 0 spiro atoms. The summed E-state index contributed by atoms with van der Waals surface area (Å²) in [6, 6.07) is 9.85. The predicted molar refractivity (Wildman–Crippen MR) is 90.8 cm³/mol. The van der Waals surface area contributed by atoms with E-state index in [1.807, 2.05) is 41.8 Å². The van der Waals surface area contributed by atoms with Gasteiger partial charge in [-0.3, -0.25) is 14.3 Å². The third-order valence-electron chi connectivity index (χ3n) is 3.87. The van der Waals surface area contributed by atoms with Crippen molar-refractivity contribution in [3.8, 4) is 0 Å². The average molecular weight is 328 g/mol. The molecule has 0 bridgehead atoms. The van der Waals surface area contributed by atoms with Crippen LogP contribution in [0.2, 0.25) is 0 Å². The molecule has 24 heavy (non-hydrogen) atoms. The minimum atomic E-state index is -0.465. The van der Waals surface area contributed by atoms with Gasteiger partial charge in [-0.05, 0) is 12.0 Å². The number of hydrogen-bond donors (Lipinski definition) is 1. The van der Waals surface area contributed by atoms with Crippen LogP contribution >= 0.6 is 0 Å². The summed E-state index contributed by atoms with van der Waals surface area (Å²) in [5.74, 6) is 0.648. The van der Waals surface area contributed by atoms with E-state index in [4.69, 9.17) is 4.74 Å². The zero-order valence-electron chi connectivity index (χ0n) is 13.8. The van der Waals surface area contributed by atoms with Crippen molar-refractivity contribution in [3.63, 3.8) is 0 Å². The number of aromatic nitrogens is 4. The molecule has 0 saturated carbocycles. The molecule has 0 fully saturated rings. The first-order valence-corrected chi connectivity index (χ1v) is 7.92. The molecule has 0 aliphatic heterocycles. The van der Waals surface area contributed by atoms with Crippen molar-refractivity contribution in [1.82, 2.24) is 19.1 Å². The highest BCUT2D eigenvalue weighted by atomic mass is 16.5. The SMILES string of the molecule is CCCn1c(COCc2ccccc2)nc2c(=O)[nH]c(=O)n(C)c21. The van der Waals surface area contributed by atoms with Gasteiger partial charge in [-0.2, -0.15) is 0 Å². The topological polar surface area (TPSA) is 81.9 Å². The molecule has 0 unspecified atom stereocenters. The summed E-state index contributed by atoms with van der Waals surface area (Å²) in [5.41, 5.74) is 0.961. The number of aromatic amines is 1. The molecule has 126 valence electrons. The van der Waals surface area contributed by atoms with Gasteiger partial charge in [0, 0.05) is 13.6 Å². The van der Waals surface area contributed by atoms with E-state index in [2.05, 4.69) is 9.97 Å². The van der Waals surface area contributed by atoms with Gasteiger partial charge >= 0.3 is 5.69 Å². The molecule has 7 heteroatoms. The smallest absolute Gasteiger partial charge is 0.329 e. The number of fused-ring (bicyclic) bond motifs is 1. The Balaban J connectivity index is 1.94. The minimum absolute atomic E-state index is 0.267. The van der Waals surface area contributed by atoms with Gasteiger partial charge in [0.2, 0.25) is 0 Å². The van der Waals surface area contributed by atoms with Gasteiger partial charge in [-0.15, -0.1) is 0 Å². The third kappa shape index (κ3) is 3.03. The highest BCUT2D eigenvalue weighted by Crippen LogP contribution is 2.13. The normalized spacial score (nSPS) is 11.2. The fraction of sp³-hybridized carbons (Fsp3) is 0.353. The van der Waals surface area contributed by atoms with E-state index in [1.54, 1.807) is 7.05 Å². The Morgan fingerprint density at radius 1 is 1.17 bits per heavy atom. The zero-order valence-corrected chi connectivity index (χ0v) is 13.8. The van der Waals surface area contributed by atoms with Crippen LogP contribution in [0.15, 0.2) is 39.9 Å². The zero-order chi connectivity index (χ0) is 17.1. The third-order valence-corrected chi connectivity index (χ3v) is 3.87. The van der Waals surface area contributed by atoms with Gasteiger partial charge in [0.05, 0.1) is 6.61 Å². The first kappa shape index (κ1) is 16.2. The first-order valence-electron chi connectivity index (χ1n) is 7.92. The number of aryl methyl sites for hydroxylation is 2. The fourth-order valence-corrected chi connectivity index (χ4v) is 2.72. The van der Waals surface area contributed by atoms with Crippen molar-refractivity contribution < 1.29 is 4.74 Å². The van der Waals surface area contributed by atoms with Gasteiger partial charge in [0.25, 0.3) is 5.56 Å². The Bertz CT molecular complexity index is 954. The molecular formula is C17H20N4O3. The Kier molecular flexibility index (Phi) is 4.61. The summed E-state index contributed by atoms with van der Waals surface area (Å²) in [6.45, 7) is 3.44. The number of nitrogens with one attached hydrogen (secondary N) is 1. The average Bonchev–Trinajstić information content (AvgIpc) is 2.94. The van der Waals surface area contributed by atoms with Gasteiger partial charge in [-0.25, -0.2) is 9.78 Å². The molecule has 0 aliphatic carbocycles. The quantitative estimate of drug-likeness (QED) is 0.744. The van der Waals surface area contributed by atoms with Crippen LogP contribution in [0.3, 0.4) is 0 Å². The number of benzene rings is 1. The molecule has 2 aromatic heterocycles. The number of H-pyrrole nitrogens is 1. The first-order chi connectivity index (χ1) is 11.6. The molecule has 2 heterocycles. The van der Waals surface area contributed by atoms with E-state index in [0.717, 1.165) is 12.0 Å². The summed E-state index contributed by atoms with van der Waals surface area (Å²) in [5, 5.41) is 0. The molecule has 3 rings (SSSR count). The monoisotopic (exact) mass is 328 g/mol. The number of ether oxygens (including phenoxy) is 1. The maximum absolute atomic E-state index is 12.0. The lowest BCUT2D eigenvalue weighted by Crippen LogP contribution is -2.29. The molecule has 0 saturated heterocycles. The van der Waals surface area contributed by atoms with Crippen LogP contribution in [0.25, 0.3) is 11.2 Å². The van der Waals surface area contributed by atoms with Crippen LogP contribution in [0.4, 0.5) is 0 Å². The largest absolute Gasteiger partial charge is 0.369 e. The Hall–Kier alpha value is -2.67. The Morgan fingerprint density at radius 2 is 1.92 bits per heavy atom. The van der Waals surface area contributed by atoms with Crippen molar-refractivity contribution in [2.24, 2.45) is 7.05 Å². The van der Waals surface area contributed by atoms with Crippen LogP contribution in [-0.4, -0.2) is 19.1 Å². The van der Waals surface area contributed by atoms with Crippen molar-refractivity contribution >= 4 is 11.2 Å². The summed E-state index contributed by atoms with van der Waals surface area (Å²) >= 11 is 0.